The minimum Gasteiger partial charge on any atom is -0.493 e. The average Bonchev–Trinajstić information content (AvgIpc) is 2.55. The lowest BCUT2D eigenvalue weighted by atomic mass is 10.2. The molecule has 0 aliphatic rings. The zero-order valence-electron chi connectivity index (χ0n) is 13.7. The number of sulfonamides is 1. The Morgan fingerprint density at radius 2 is 1.84 bits per heavy atom. The lowest BCUT2D eigenvalue weighted by Crippen LogP contribution is -2.15. The number of methoxy groups -OCH3 is 2. The van der Waals surface area contributed by atoms with E-state index in [1.54, 1.807) is 6.92 Å². The van der Waals surface area contributed by atoms with Gasteiger partial charge in [-0.25, -0.2) is 17.6 Å². The first-order valence-electron chi connectivity index (χ1n) is 6.98. The summed E-state index contributed by atoms with van der Waals surface area (Å²) in [5.74, 6) is -2.33. The number of aromatic carboxylic acids is 1. The Kier molecular flexibility index (Phi) is 5.17. The second-order valence-corrected chi connectivity index (χ2v) is 6.78. The molecule has 0 spiro atoms. The van der Waals surface area contributed by atoms with Crippen molar-refractivity contribution in [1.29, 1.82) is 0 Å². The Balaban J connectivity index is 2.55. The molecule has 2 rings (SSSR count). The van der Waals surface area contributed by atoms with Gasteiger partial charge in [0.15, 0.2) is 11.5 Å². The van der Waals surface area contributed by atoms with Gasteiger partial charge in [-0.3, -0.25) is 4.72 Å². The summed E-state index contributed by atoms with van der Waals surface area (Å²) in [6.07, 6.45) is 0. The highest BCUT2D eigenvalue weighted by Crippen LogP contribution is 2.34. The molecule has 2 aromatic carbocycles. The zero-order valence-corrected chi connectivity index (χ0v) is 14.5. The highest BCUT2D eigenvalue weighted by Gasteiger charge is 2.24. The van der Waals surface area contributed by atoms with Crippen LogP contribution in [0.4, 0.5) is 10.1 Å². The minimum atomic E-state index is -4.25. The number of anilines is 1. The molecule has 0 aromatic heterocycles. The van der Waals surface area contributed by atoms with Crippen molar-refractivity contribution in [2.45, 2.75) is 11.8 Å². The van der Waals surface area contributed by atoms with Crippen LogP contribution >= 0.6 is 0 Å². The van der Waals surface area contributed by atoms with E-state index in [1.807, 2.05) is 0 Å². The number of hydrogen-bond donors (Lipinski definition) is 2. The van der Waals surface area contributed by atoms with E-state index in [9.17, 15) is 22.7 Å². The maximum atomic E-state index is 13.9. The van der Waals surface area contributed by atoms with Crippen molar-refractivity contribution in [2.24, 2.45) is 0 Å². The van der Waals surface area contributed by atoms with Crippen molar-refractivity contribution >= 4 is 21.7 Å². The molecule has 9 heteroatoms. The predicted molar refractivity (Wildman–Crippen MR) is 88.5 cm³/mol. The van der Waals surface area contributed by atoms with Crippen LogP contribution in [0.15, 0.2) is 35.2 Å². The standard InChI is InChI=1S/C16H16FNO6S/c1-9-4-5-13(12(17)6-9)18-25(21,22)10-7-11(16(19)20)15(24-3)14(8-10)23-2/h4-8,18H,1-3H3,(H,19,20). The van der Waals surface area contributed by atoms with Crippen molar-refractivity contribution in [1.82, 2.24) is 0 Å². The number of nitrogens with one attached hydrogen (secondary N) is 1. The van der Waals surface area contributed by atoms with Crippen LogP contribution < -0.4 is 14.2 Å². The zero-order chi connectivity index (χ0) is 18.8. The van der Waals surface area contributed by atoms with Crippen LogP contribution in [0.25, 0.3) is 0 Å². The summed E-state index contributed by atoms with van der Waals surface area (Å²) in [4.78, 5) is 11.0. The summed E-state index contributed by atoms with van der Waals surface area (Å²) in [5.41, 5.74) is -0.0245. The van der Waals surface area contributed by atoms with Gasteiger partial charge in [0, 0.05) is 6.07 Å². The Morgan fingerprint density at radius 1 is 1.16 bits per heavy atom. The van der Waals surface area contributed by atoms with Crippen molar-refractivity contribution < 1.29 is 32.2 Å². The van der Waals surface area contributed by atoms with Crippen LogP contribution in [0.1, 0.15) is 15.9 Å². The number of carbonyl (C=O) groups is 1. The monoisotopic (exact) mass is 369 g/mol. The van der Waals surface area contributed by atoms with Gasteiger partial charge >= 0.3 is 5.97 Å². The molecule has 2 N–H and O–H groups in total. The Labute approximate surface area is 144 Å². The van der Waals surface area contributed by atoms with E-state index in [2.05, 4.69) is 4.72 Å². The van der Waals surface area contributed by atoms with E-state index in [0.29, 0.717) is 5.56 Å². The van der Waals surface area contributed by atoms with Crippen molar-refractivity contribution in [3.8, 4) is 11.5 Å². The molecular weight excluding hydrogens is 353 g/mol. The number of benzene rings is 2. The summed E-state index contributed by atoms with van der Waals surface area (Å²) in [7, 11) is -1.77. The smallest absolute Gasteiger partial charge is 0.339 e. The van der Waals surface area contributed by atoms with Crippen LogP contribution in [-0.2, 0) is 10.0 Å². The number of halogens is 1. The summed E-state index contributed by atoms with van der Waals surface area (Å²) in [5, 5.41) is 9.26. The molecule has 0 aliphatic heterocycles. The molecule has 0 atom stereocenters. The van der Waals surface area contributed by atoms with Gasteiger partial charge in [-0.15, -0.1) is 0 Å². The molecule has 0 heterocycles. The molecular formula is C16H16FNO6S. The Bertz CT molecular complexity index is 926. The largest absolute Gasteiger partial charge is 0.493 e. The van der Waals surface area contributed by atoms with Crippen molar-refractivity contribution in [2.75, 3.05) is 18.9 Å². The fourth-order valence-electron chi connectivity index (χ4n) is 2.16. The summed E-state index contributed by atoms with van der Waals surface area (Å²) >= 11 is 0. The van der Waals surface area contributed by atoms with Gasteiger partial charge in [-0.05, 0) is 30.7 Å². The predicted octanol–water partition coefficient (Wildman–Crippen LogP) is 2.65. The van der Waals surface area contributed by atoms with Crippen molar-refractivity contribution in [3.63, 3.8) is 0 Å². The highest BCUT2D eigenvalue weighted by molar-refractivity contribution is 7.92. The lowest BCUT2D eigenvalue weighted by molar-refractivity contribution is 0.0692. The highest BCUT2D eigenvalue weighted by atomic mass is 32.2. The molecule has 134 valence electrons. The molecule has 0 aliphatic carbocycles. The molecule has 7 nitrogen and oxygen atoms in total. The first-order chi connectivity index (χ1) is 11.7. The van der Waals surface area contributed by atoms with E-state index >= 15 is 0 Å². The minimum absolute atomic E-state index is 0.0767. The second-order valence-electron chi connectivity index (χ2n) is 5.10. The molecule has 0 fully saturated rings. The van der Waals surface area contributed by atoms with E-state index in [4.69, 9.17) is 9.47 Å². The number of rotatable bonds is 6. The van der Waals surface area contributed by atoms with E-state index in [1.165, 1.54) is 32.4 Å². The van der Waals surface area contributed by atoms with Crippen molar-refractivity contribution in [3.05, 3.63) is 47.3 Å². The number of ether oxygens (including phenoxy) is 2. The molecule has 25 heavy (non-hydrogen) atoms. The van der Waals surface area contributed by atoms with Gasteiger partial charge < -0.3 is 14.6 Å². The first kappa shape index (κ1) is 18.5. The van der Waals surface area contributed by atoms with E-state index in [-0.39, 0.29) is 17.2 Å². The number of carboxylic acid groups (broad SMARTS) is 1. The van der Waals surface area contributed by atoms with Crippen LogP contribution in [-0.4, -0.2) is 33.7 Å². The van der Waals surface area contributed by atoms with Gasteiger partial charge in [0.2, 0.25) is 0 Å². The molecule has 0 saturated carbocycles. The Morgan fingerprint density at radius 3 is 2.36 bits per heavy atom. The maximum absolute atomic E-state index is 13.9. The third-order valence-electron chi connectivity index (χ3n) is 3.36. The van der Waals surface area contributed by atoms with Gasteiger partial charge in [0.05, 0.1) is 24.8 Å². The average molecular weight is 369 g/mol. The SMILES string of the molecule is COc1cc(S(=O)(=O)Nc2ccc(C)cc2F)cc(C(=O)O)c1OC. The molecule has 0 radical (unpaired) electrons. The lowest BCUT2D eigenvalue weighted by Gasteiger charge is -2.14. The molecule has 0 saturated heterocycles. The van der Waals surface area contributed by atoms with Gasteiger partial charge in [-0.2, -0.15) is 0 Å². The quantitative estimate of drug-likeness (QED) is 0.812. The van der Waals surface area contributed by atoms with Gasteiger partial charge in [0.25, 0.3) is 10.0 Å². The molecule has 2 aromatic rings. The van der Waals surface area contributed by atoms with Gasteiger partial charge in [0.1, 0.15) is 11.4 Å². The number of carboxylic acids is 1. The first-order valence-corrected chi connectivity index (χ1v) is 8.46. The Hall–Kier alpha value is -2.81. The number of hydrogen-bond acceptors (Lipinski definition) is 5. The second kappa shape index (κ2) is 6.98. The topological polar surface area (TPSA) is 102 Å². The van der Waals surface area contributed by atoms with E-state index < -0.39 is 32.3 Å². The molecule has 0 unspecified atom stereocenters. The van der Waals surface area contributed by atoms with Crippen LogP contribution in [0, 0.1) is 12.7 Å². The molecule has 0 bridgehead atoms. The maximum Gasteiger partial charge on any atom is 0.339 e. The van der Waals surface area contributed by atoms with Crippen LogP contribution in [0.2, 0.25) is 0 Å². The third-order valence-corrected chi connectivity index (χ3v) is 4.71. The number of aryl methyl sites for hydroxylation is 1. The third kappa shape index (κ3) is 3.82. The van der Waals surface area contributed by atoms with E-state index in [0.717, 1.165) is 12.1 Å². The summed E-state index contributed by atoms with van der Waals surface area (Å²) < 4.78 is 51.0. The summed E-state index contributed by atoms with van der Waals surface area (Å²) in [6.45, 7) is 1.66. The van der Waals surface area contributed by atoms with Crippen LogP contribution in [0.3, 0.4) is 0 Å². The van der Waals surface area contributed by atoms with Gasteiger partial charge in [-0.1, -0.05) is 6.07 Å². The molecule has 0 amide bonds. The van der Waals surface area contributed by atoms with Crippen LogP contribution in [0.5, 0.6) is 11.5 Å². The normalized spacial score (nSPS) is 11.0. The summed E-state index contributed by atoms with van der Waals surface area (Å²) in [6, 6.07) is 6.01. The fourth-order valence-corrected chi connectivity index (χ4v) is 3.27. The fraction of sp³-hybridized carbons (Fsp3) is 0.188.